The van der Waals surface area contributed by atoms with E-state index in [1.54, 1.807) is 0 Å². The fraction of sp³-hybridized carbons (Fsp3) is 0. The summed E-state index contributed by atoms with van der Waals surface area (Å²) in [6.45, 7) is 0. The Kier molecular flexibility index (Phi) is 3.99. The van der Waals surface area contributed by atoms with Crippen LogP contribution in [-0.4, -0.2) is 0 Å². The van der Waals surface area contributed by atoms with E-state index in [-0.39, 0.29) is 0 Å². The van der Waals surface area contributed by atoms with E-state index >= 15 is 0 Å². The highest BCUT2D eigenvalue weighted by Crippen LogP contribution is 2.19. The number of nitriles is 1. The third-order valence-corrected chi connectivity index (χ3v) is 3.03. The van der Waals surface area contributed by atoms with Crippen LogP contribution in [0.1, 0.15) is 5.56 Å². The molecule has 0 saturated heterocycles. The first-order chi connectivity index (χ1) is 6.15. The summed E-state index contributed by atoms with van der Waals surface area (Å²) < 4.78 is 2.23. The van der Waals surface area contributed by atoms with Gasteiger partial charge in [-0.05, 0) is 57.3 Å². The molecule has 0 atom stereocenters. The Morgan fingerprint density at radius 1 is 1.46 bits per heavy atom. The van der Waals surface area contributed by atoms with Crippen molar-refractivity contribution in [2.75, 3.05) is 0 Å². The lowest BCUT2D eigenvalue weighted by Crippen LogP contribution is -1.98. The Balaban J connectivity index is 3.18. The summed E-state index contributed by atoms with van der Waals surface area (Å²) in [6.07, 6.45) is 1.35. The van der Waals surface area contributed by atoms with E-state index in [2.05, 4.69) is 45.2 Å². The van der Waals surface area contributed by atoms with E-state index in [0.29, 0.717) is 5.70 Å². The molecule has 0 aliphatic carbocycles. The fourth-order valence-corrected chi connectivity index (χ4v) is 2.78. The second kappa shape index (κ2) is 4.81. The first-order valence-corrected chi connectivity index (χ1v) is 5.61. The van der Waals surface area contributed by atoms with Gasteiger partial charge in [-0.15, -0.1) is 0 Å². The molecule has 1 aromatic carbocycles. The summed E-state index contributed by atoms with van der Waals surface area (Å²) in [5.74, 6) is 0. The van der Waals surface area contributed by atoms with E-state index in [4.69, 9.17) is 11.0 Å². The molecule has 0 aromatic heterocycles. The normalized spacial score (nSPS) is 11.0. The van der Waals surface area contributed by atoms with Crippen LogP contribution in [0.25, 0.3) is 5.70 Å². The molecular formula is C9H6I2N2. The van der Waals surface area contributed by atoms with Crippen molar-refractivity contribution in [1.29, 1.82) is 5.26 Å². The summed E-state index contributed by atoms with van der Waals surface area (Å²) in [5.41, 5.74) is 7.12. The number of nitrogens with two attached hydrogens (primary N) is 1. The molecule has 66 valence electrons. The van der Waals surface area contributed by atoms with Crippen molar-refractivity contribution in [1.82, 2.24) is 0 Å². The summed E-state index contributed by atoms with van der Waals surface area (Å²) in [5, 5.41) is 8.43. The van der Waals surface area contributed by atoms with E-state index in [1.165, 1.54) is 6.08 Å². The summed E-state index contributed by atoms with van der Waals surface area (Å²) in [6, 6.07) is 7.83. The zero-order valence-corrected chi connectivity index (χ0v) is 10.9. The van der Waals surface area contributed by atoms with Gasteiger partial charge in [-0.1, -0.05) is 6.07 Å². The zero-order chi connectivity index (χ0) is 9.84. The van der Waals surface area contributed by atoms with E-state index < -0.39 is 0 Å². The molecule has 2 nitrogen and oxygen atoms in total. The van der Waals surface area contributed by atoms with E-state index in [9.17, 15) is 0 Å². The van der Waals surface area contributed by atoms with Crippen molar-refractivity contribution in [2.45, 2.75) is 0 Å². The maximum Gasteiger partial charge on any atom is 0.0933 e. The molecule has 0 spiro atoms. The SMILES string of the molecule is N#CC=C(N)c1ccc(I)cc1I. The van der Waals surface area contributed by atoms with E-state index in [1.807, 2.05) is 24.3 Å². The number of allylic oxidation sites excluding steroid dienone is 1. The molecule has 0 saturated carbocycles. The van der Waals surface area contributed by atoms with Gasteiger partial charge in [-0.25, -0.2) is 0 Å². The van der Waals surface area contributed by atoms with Gasteiger partial charge in [-0.2, -0.15) is 5.26 Å². The van der Waals surface area contributed by atoms with Gasteiger partial charge < -0.3 is 5.73 Å². The molecule has 13 heavy (non-hydrogen) atoms. The first kappa shape index (κ1) is 10.8. The average Bonchev–Trinajstić information content (AvgIpc) is 2.04. The van der Waals surface area contributed by atoms with Gasteiger partial charge in [0.05, 0.1) is 11.8 Å². The van der Waals surface area contributed by atoms with Crippen LogP contribution >= 0.6 is 45.2 Å². The number of hydrogen-bond acceptors (Lipinski definition) is 2. The smallest absolute Gasteiger partial charge is 0.0933 e. The van der Waals surface area contributed by atoms with Gasteiger partial charge in [0.15, 0.2) is 0 Å². The lowest BCUT2D eigenvalue weighted by molar-refractivity contribution is 1.45. The minimum Gasteiger partial charge on any atom is -0.398 e. The van der Waals surface area contributed by atoms with Crippen LogP contribution in [0.5, 0.6) is 0 Å². The molecule has 1 aromatic rings. The van der Waals surface area contributed by atoms with Gasteiger partial charge in [0.25, 0.3) is 0 Å². The quantitative estimate of drug-likeness (QED) is 0.587. The standard InChI is InChI=1S/C9H6I2N2/c10-6-1-2-7(8(11)5-6)9(13)3-4-12/h1-3,5H,13H2. The second-order valence-corrected chi connectivity index (χ2v) is 4.76. The minimum atomic E-state index is 0.517. The molecule has 2 N–H and O–H groups in total. The maximum atomic E-state index is 8.43. The Morgan fingerprint density at radius 2 is 2.15 bits per heavy atom. The molecule has 0 aliphatic heterocycles. The molecule has 4 heteroatoms. The Hall–Kier alpha value is -0.290. The highest BCUT2D eigenvalue weighted by atomic mass is 127. The van der Waals surface area contributed by atoms with Gasteiger partial charge >= 0.3 is 0 Å². The number of halogens is 2. The summed E-state index contributed by atoms with van der Waals surface area (Å²) in [4.78, 5) is 0. The molecule has 0 heterocycles. The Labute approximate surface area is 104 Å². The largest absolute Gasteiger partial charge is 0.398 e. The Bertz CT molecular complexity index is 391. The van der Waals surface area contributed by atoms with Gasteiger partial charge in [0, 0.05) is 18.8 Å². The maximum absolute atomic E-state index is 8.43. The lowest BCUT2D eigenvalue weighted by Gasteiger charge is -2.03. The molecule has 0 aliphatic rings. The average molecular weight is 396 g/mol. The number of nitrogens with zero attached hydrogens (tertiary/aromatic N) is 1. The van der Waals surface area contributed by atoms with Crippen LogP contribution in [-0.2, 0) is 0 Å². The Morgan fingerprint density at radius 3 is 2.69 bits per heavy atom. The number of benzene rings is 1. The van der Waals surface area contributed by atoms with Crippen LogP contribution in [0.2, 0.25) is 0 Å². The fourth-order valence-electron chi connectivity index (χ4n) is 0.871. The third-order valence-electron chi connectivity index (χ3n) is 1.46. The topological polar surface area (TPSA) is 49.8 Å². The van der Waals surface area contributed by atoms with Crippen LogP contribution in [0, 0.1) is 18.5 Å². The predicted molar refractivity (Wildman–Crippen MR) is 69.7 cm³/mol. The van der Waals surface area contributed by atoms with Gasteiger partial charge in [-0.3, -0.25) is 0 Å². The summed E-state index contributed by atoms with van der Waals surface area (Å²) in [7, 11) is 0. The number of hydrogen-bond donors (Lipinski definition) is 1. The highest BCUT2D eigenvalue weighted by Gasteiger charge is 2.02. The molecule has 0 fully saturated rings. The van der Waals surface area contributed by atoms with Gasteiger partial charge in [0.2, 0.25) is 0 Å². The molecule has 0 bridgehead atoms. The first-order valence-electron chi connectivity index (χ1n) is 3.46. The van der Waals surface area contributed by atoms with Crippen molar-refractivity contribution in [3.63, 3.8) is 0 Å². The molecular weight excluding hydrogens is 390 g/mol. The minimum absolute atomic E-state index is 0.517. The van der Waals surface area contributed by atoms with Crippen LogP contribution in [0.15, 0.2) is 24.3 Å². The predicted octanol–water partition coefficient (Wildman–Crippen LogP) is 2.72. The van der Waals surface area contributed by atoms with Crippen LogP contribution < -0.4 is 5.73 Å². The van der Waals surface area contributed by atoms with Crippen molar-refractivity contribution in [3.05, 3.63) is 37.0 Å². The van der Waals surface area contributed by atoms with Crippen molar-refractivity contribution >= 4 is 50.9 Å². The van der Waals surface area contributed by atoms with Crippen molar-refractivity contribution in [2.24, 2.45) is 5.73 Å². The second-order valence-electron chi connectivity index (χ2n) is 2.35. The van der Waals surface area contributed by atoms with Crippen LogP contribution in [0.4, 0.5) is 0 Å². The lowest BCUT2D eigenvalue weighted by atomic mass is 10.1. The summed E-state index contributed by atoms with van der Waals surface area (Å²) >= 11 is 4.44. The zero-order valence-electron chi connectivity index (χ0n) is 6.59. The molecule has 0 radical (unpaired) electrons. The van der Waals surface area contributed by atoms with Crippen LogP contribution in [0.3, 0.4) is 0 Å². The molecule has 0 amide bonds. The van der Waals surface area contributed by atoms with Crippen molar-refractivity contribution < 1.29 is 0 Å². The highest BCUT2D eigenvalue weighted by molar-refractivity contribution is 14.1. The molecule has 1 rings (SSSR count). The van der Waals surface area contributed by atoms with Gasteiger partial charge in [0.1, 0.15) is 0 Å². The third kappa shape index (κ3) is 2.84. The molecule has 0 unspecified atom stereocenters. The monoisotopic (exact) mass is 396 g/mol. The van der Waals surface area contributed by atoms with Crippen molar-refractivity contribution in [3.8, 4) is 6.07 Å². The number of rotatable bonds is 1. The van der Waals surface area contributed by atoms with E-state index in [0.717, 1.165) is 12.7 Å².